The van der Waals surface area contributed by atoms with E-state index in [0.717, 1.165) is 17.1 Å². The molecule has 1 aromatic carbocycles. The maximum atomic E-state index is 5.36. The summed E-state index contributed by atoms with van der Waals surface area (Å²) in [4.78, 5) is 4.21. The summed E-state index contributed by atoms with van der Waals surface area (Å²) in [5.41, 5.74) is 1.67. The molecular weight excluding hydrogens is 336 g/mol. The van der Waals surface area contributed by atoms with Crippen molar-refractivity contribution in [2.75, 3.05) is 33.7 Å². The minimum Gasteiger partial charge on any atom is -0.493 e. The van der Waals surface area contributed by atoms with E-state index in [4.69, 9.17) is 18.7 Å². The number of aliphatic imine (C=N–C) groups is 1. The SMILES string of the molecule is CN=C(NCc1cc(C(C)C)no1)Nc1cc(OC)c(OC)c(OC)c1. The number of ether oxygens (including phenoxy) is 3. The molecule has 0 aliphatic heterocycles. The van der Waals surface area contributed by atoms with E-state index in [9.17, 15) is 0 Å². The second-order valence-corrected chi connectivity index (χ2v) is 5.84. The van der Waals surface area contributed by atoms with Crippen LogP contribution in [0.4, 0.5) is 5.69 Å². The monoisotopic (exact) mass is 362 g/mol. The lowest BCUT2D eigenvalue weighted by Crippen LogP contribution is -2.30. The van der Waals surface area contributed by atoms with Crippen LogP contribution in [0.1, 0.15) is 31.2 Å². The smallest absolute Gasteiger partial charge is 0.203 e. The van der Waals surface area contributed by atoms with Crippen LogP contribution < -0.4 is 24.8 Å². The van der Waals surface area contributed by atoms with E-state index in [1.165, 1.54) is 0 Å². The van der Waals surface area contributed by atoms with Crippen LogP contribution in [0, 0.1) is 0 Å². The van der Waals surface area contributed by atoms with Gasteiger partial charge in [0.25, 0.3) is 0 Å². The Bertz CT molecular complexity index is 730. The molecule has 0 saturated carbocycles. The molecule has 2 rings (SSSR count). The first-order valence-corrected chi connectivity index (χ1v) is 8.25. The minimum absolute atomic E-state index is 0.323. The summed E-state index contributed by atoms with van der Waals surface area (Å²) < 4.78 is 21.4. The molecular formula is C18H26N4O4. The average molecular weight is 362 g/mol. The Balaban J connectivity index is 2.09. The summed E-state index contributed by atoms with van der Waals surface area (Å²) in [6.07, 6.45) is 0. The van der Waals surface area contributed by atoms with Gasteiger partial charge in [-0.25, -0.2) is 0 Å². The fraction of sp³-hybridized carbons (Fsp3) is 0.444. The molecule has 0 fully saturated rings. The number of rotatable bonds is 7. The van der Waals surface area contributed by atoms with E-state index >= 15 is 0 Å². The molecule has 0 aliphatic rings. The molecule has 142 valence electrons. The first-order valence-electron chi connectivity index (χ1n) is 8.25. The van der Waals surface area contributed by atoms with E-state index in [2.05, 4.69) is 34.6 Å². The first-order chi connectivity index (χ1) is 12.5. The third-order valence-corrected chi connectivity index (χ3v) is 3.75. The lowest BCUT2D eigenvalue weighted by Gasteiger charge is -2.16. The number of anilines is 1. The quantitative estimate of drug-likeness (QED) is 0.578. The zero-order valence-electron chi connectivity index (χ0n) is 16.0. The fourth-order valence-corrected chi connectivity index (χ4v) is 2.32. The number of guanidine groups is 1. The van der Waals surface area contributed by atoms with Gasteiger partial charge in [-0.3, -0.25) is 4.99 Å². The summed E-state index contributed by atoms with van der Waals surface area (Å²) in [6.45, 7) is 4.60. The molecule has 0 atom stereocenters. The van der Waals surface area contributed by atoms with Crippen molar-refractivity contribution in [3.05, 3.63) is 29.7 Å². The summed E-state index contributed by atoms with van der Waals surface area (Å²) >= 11 is 0. The van der Waals surface area contributed by atoms with Crippen molar-refractivity contribution in [2.45, 2.75) is 26.3 Å². The van der Waals surface area contributed by atoms with E-state index in [-0.39, 0.29) is 0 Å². The van der Waals surface area contributed by atoms with Crippen LogP contribution in [0.2, 0.25) is 0 Å². The molecule has 0 amide bonds. The van der Waals surface area contributed by atoms with Gasteiger partial charge in [0.05, 0.1) is 33.6 Å². The topological polar surface area (TPSA) is 90.1 Å². The van der Waals surface area contributed by atoms with Gasteiger partial charge in [-0.2, -0.15) is 0 Å². The van der Waals surface area contributed by atoms with Crippen LogP contribution in [0.15, 0.2) is 27.7 Å². The molecule has 0 spiro atoms. The van der Waals surface area contributed by atoms with Crippen molar-refractivity contribution in [1.29, 1.82) is 0 Å². The van der Waals surface area contributed by atoms with Gasteiger partial charge in [0.2, 0.25) is 5.75 Å². The lowest BCUT2D eigenvalue weighted by atomic mass is 10.1. The van der Waals surface area contributed by atoms with Gasteiger partial charge in [0.1, 0.15) is 0 Å². The van der Waals surface area contributed by atoms with Crippen LogP contribution in [-0.4, -0.2) is 39.5 Å². The lowest BCUT2D eigenvalue weighted by molar-refractivity contribution is 0.324. The molecule has 2 N–H and O–H groups in total. The Kier molecular flexibility index (Phi) is 6.71. The summed E-state index contributed by atoms with van der Waals surface area (Å²) in [7, 11) is 6.40. The number of nitrogens with one attached hydrogen (secondary N) is 2. The highest BCUT2D eigenvalue weighted by Crippen LogP contribution is 2.39. The van der Waals surface area contributed by atoms with Gasteiger partial charge in [0.15, 0.2) is 23.2 Å². The van der Waals surface area contributed by atoms with E-state index in [1.54, 1.807) is 40.5 Å². The van der Waals surface area contributed by atoms with E-state index in [0.29, 0.717) is 35.7 Å². The maximum absolute atomic E-state index is 5.36. The van der Waals surface area contributed by atoms with E-state index < -0.39 is 0 Å². The molecule has 8 heteroatoms. The Morgan fingerprint density at radius 2 is 1.77 bits per heavy atom. The van der Waals surface area contributed by atoms with Gasteiger partial charge in [-0.1, -0.05) is 19.0 Å². The molecule has 0 bridgehead atoms. The predicted octanol–water partition coefficient (Wildman–Crippen LogP) is 3.01. The molecule has 0 aliphatic carbocycles. The van der Waals surface area contributed by atoms with Crippen LogP contribution in [0.3, 0.4) is 0 Å². The normalized spacial score (nSPS) is 11.4. The number of hydrogen-bond acceptors (Lipinski definition) is 6. The van der Waals surface area contributed by atoms with Crippen LogP contribution >= 0.6 is 0 Å². The first kappa shape index (κ1) is 19.4. The molecule has 1 heterocycles. The Morgan fingerprint density at radius 1 is 1.12 bits per heavy atom. The standard InChI is InChI=1S/C18H26N4O4/c1-11(2)14-9-13(26-22-14)10-20-18(19-3)21-12-7-15(23-4)17(25-6)16(8-12)24-5/h7-9,11H,10H2,1-6H3,(H2,19,20,21). The molecule has 1 aromatic heterocycles. The van der Waals surface area contributed by atoms with Gasteiger partial charge in [-0.05, 0) is 5.92 Å². The van der Waals surface area contributed by atoms with Crippen molar-refractivity contribution >= 4 is 11.6 Å². The molecule has 26 heavy (non-hydrogen) atoms. The zero-order chi connectivity index (χ0) is 19.1. The van der Waals surface area contributed by atoms with Crippen molar-refractivity contribution in [3.8, 4) is 17.2 Å². The largest absolute Gasteiger partial charge is 0.493 e. The number of aromatic nitrogens is 1. The maximum Gasteiger partial charge on any atom is 0.203 e. The minimum atomic E-state index is 0.323. The number of nitrogens with zero attached hydrogens (tertiary/aromatic N) is 2. The molecule has 2 aromatic rings. The van der Waals surface area contributed by atoms with Crippen molar-refractivity contribution in [1.82, 2.24) is 10.5 Å². The van der Waals surface area contributed by atoms with Gasteiger partial charge < -0.3 is 29.4 Å². The number of methoxy groups -OCH3 is 3. The molecule has 0 radical (unpaired) electrons. The van der Waals surface area contributed by atoms with Gasteiger partial charge in [-0.15, -0.1) is 0 Å². The Hall–Kier alpha value is -2.90. The molecule has 0 saturated heterocycles. The summed E-state index contributed by atoms with van der Waals surface area (Å²) in [5, 5.41) is 10.4. The fourth-order valence-electron chi connectivity index (χ4n) is 2.32. The number of hydrogen-bond donors (Lipinski definition) is 2. The van der Waals surface area contributed by atoms with Gasteiger partial charge in [0, 0.05) is 30.9 Å². The second-order valence-electron chi connectivity index (χ2n) is 5.84. The zero-order valence-corrected chi connectivity index (χ0v) is 16.0. The highest BCUT2D eigenvalue weighted by molar-refractivity contribution is 5.94. The second kappa shape index (κ2) is 8.98. The van der Waals surface area contributed by atoms with Crippen molar-refractivity contribution in [2.24, 2.45) is 4.99 Å². The third kappa shape index (κ3) is 4.59. The summed E-state index contributed by atoms with van der Waals surface area (Å²) in [6, 6.07) is 5.55. The number of benzene rings is 1. The van der Waals surface area contributed by atoms with E-state index in [1.807, 2.05) is 6.07 Å². The highest BCUT2D eigenvalue weighted by atomic mass is 16.5. The van der Waals surface area contributed by atoms with Crippen LogP contribution in [-0.2, 0) is 6.54 Å². The average Bonchev–Trinajstić information content (AvgIpc) is 3.13. The molecule has 0 unspecified atom stereocenters. The Morgan fingerprint density at radius 3 is 2.23 bits per heavy atom. The highest BCUT2D eigenvalue weighted by Gasteiger charge is 2.14. The predicted molar refractivity (Wildman–Crippen MR) is 101 cm³/mol. The van der Waals surface area contributed by atoms with Crippen molar-refractivity contribution < 1.29 is 18.7 Å². The molecule has 8 nitrogen and oxygen atoms in total. The Labute approximate surface area is 153 Å². The van der Waals surface area contributed by atoms with Crippen LogP contribution in [0.5, 0.6) is 17.2 Å². The van der Waals surface area contributed by atoms with Crippen LogP contribution in [0.25, 0.3) is 0 Å². The van der Waals surface area contributed by atoms with Crippen molar-refractivity contribution in [3.63, 3.8) is 0 Å². The third-order valence-electron chi connectivity index (χ3n) is 3.75. The summed E-state index contributed by atoms with van der Waals surface area (Å²) in [5.74, 6) is 3.28. The van der Waals surface area contributed by atoms with Gasteiger partial charge >= 0.3 is 0 Å².